The minimum Gasteiger partial charge on any atom is -0.467 e. The summed E-state index contributed by atoms with van der Waals surface area (Å²) in [4.78, 5) is 26.4. The lowest BCUT2D eigenvalue weighted by Gasteiger charge is -2.44. The Morgan fingerprint density at radius 1 is 1.18 bits per heavy atom. The van der Waals surface area contributed by atoms with E-state index in [4.69, 9.17) is 14.2 Å². The van der Waals surface area contributed by atoms with Crippen LogP contribution in [0.1, 0.15) is 52.9 Å². The average Bonchev–Trinajstić information content (AvgIpc) is 2.80. The van der Waals surface area contributed by atoms with Crippen molar-refractivity contribution in [3.63, 3.8) is 0 Å². The number of likely N-dealkylation sites (tertiary alicyclic amines) is 1. The van der Waals surface area contributed by atoms with E-state index in [9.17, 15) is 9.59 Å². The van der Waals surface area contributed by atoms with Gasteiger partial charge in [-0.25, -0.2) is 9.59 Å². The second-order valence-electron chi connectivity index (χ2n) is 7.12. The molecule has 0 bridgehead atoms. The van der Waals surface area contributed by atoms with Gasteiger partial charge in [0.1, 0.15) is 17.4 Å². The molecule has 1 saturated heterocycles. The summed E-state index contributed by atoms with van der Waals surface area (Å²) in [7, 11) is 2.95. The van der Waals surface area contributed by atoms with Crippen LogP contribution in [0, 0.1) is 5.92 Å². The maximum Gasteiger partial charge on any atom is 0.413 e. The molecule has 1 heterocycles. The molecule has 0 N–H and O–H groups in total. The lowest BCUT2D eigenvalue weighted by atomic mass is 9.81. The third-order valence-corrected chi connectivity index (χ3v) is 4.62. The lowest BCUT2D eigenvalue weighted by molar-refractivity contribution is -0.169. The molecular weight excluding hydrogens is 286 g/mol. The third kappa shape index (κ3) is 2.93. The van der Waals surface area contributed by atoms with Gasteiger partial charge < -0.3 is 14.2 Å². The van der Waals surface area contributed by atoms with Crippen molar-refractivity contribution >= 4 is 12.1 Å². The zero-order valence-corrected chi connectivity index (χ0v) is 14.2. The predicted octanol–water partition coefficient (Wildman–Crippen LogP) is 2.70. The first kappa shape index (κ1) is 17.1. The number of nitrogens with zero attached hydrogens (tertiary/aromatic N) is 1. The molecule has 0 aromatic heterocycles. The fourth-order valence-electron chi connectivity index (χ4n) is 3.75. The van der Waals surface area contributed by atoms with E-state index in [1.54, 1.807) is 7.11 Å². The van der Waals surface area contributed by atoms with Crippen molar-refractivity contribution in [1.82, 2.24) is 4.90 Å². The Morgan fingerprint density at radius 2 is 1.86 bits per heavy atom. The zero-order chi connectivity index (χ0) is 16.5. The highest BCUT2D eigenvalue weighted by Gasteiger charge is 2.59. The number of ether oxygens (including phenoxy) is 3. The summed E-state index contributed by atoms with van der Waals surface area (Å²) in [6.07, 6.45) is 3.79. The van der Waals surface area contributed by atoms with Gasteiger partial charge >= 0.3 is 12.1 Å². The molecule has 0 aromatic rings. The molecule has 3 atom stereocenters. The topological polar surface area (TPSA) is 65.1 Å². The van der Waals surface area contributed by atoms with Crippen molar-refractivity contribution in [2.75, 3.05) is 14.2 Å². The minimum absolute atomic E-state index is 0.142. The summed E-state index contributed by atoms with van der Waals surface area (Å²) in [6, 6.07) is -0.636. The molecule has 0 aromatic carbocycles. The van der Waals surface area contributed by atoms with Crippen LogP contribution in [0.2, 0.25) is 0 Å². The molecular formula is C16H27NO5. The third-order valence-electron chi connectivity index (χ3n) is 4.62. The first-order chi connectivity index (χ1) is 10.2. The maximum absolute atomic E-state index is 12.7. The molecule has 2 aliphatic rings. The molecule has 1 saturated carbocycles. The van der Waals surface area contributed by atoms with Gasteiger partial charge in [0.05, 0.1) is 7.11 Å². The summed E-state index contributed by atoms with van der Waals surface area (Å²) >= 11 is 0. The monoisotopic (exact) mass is 313 g/mol. The van der Waals surface area contributed by atoms with Gasteiger partial charge in [-0.05, 0) is 46.5 Å². The largest absolute Gasteiger partial charge is 0.467 e. The van der Waals surface area contributed by atoms with Crippen molar-refractivity contribution in [2.24, 2.45) is 5.92 Å². The van der Waals surface area contributed by atoms with Crippen molar-refractivity contribution in [3.05, 3.63) is 0 Å². The smallest absolute Gasteiger partial charge is 0.413 e. The quantitative estimate of drug-likeness (QED) is 0.733. The SMILES string of the molecule is COC(=O)[C@@H]1C[C@@H]2CCCCC2(OC)N1C(=O)OC(C)(C)C. The van der Waals surface area contributed by atoms with E-state index in [0.29, 0.717) is 6.42 Å². The van der Waals surface area contributed by atoms with Crippen molar-refractivity contribution < 1.29 is 23.8 Å². The van der Waals surface area contributed by atoms with E-state index in [2.05, 4.69) is 0 Å². The number of carbonyl (C=O) groups excluding carboxylic acids is 2. The number of hydrogen-bond acceptors (Lipinski definition) is 5. The molecule has 126 valence electrons. The fourth-order valence-corrected chi connectivity index (χ4v) is 3.75. The molecule has 2 rings (SSSR count). The Balaban J connectivity index is 2.36. The Kier molecular flexibility index (Phi) is 4.70. The van der Waals surface area contributed by atoms with Gasteiger partial charge in [-0.15, -0.1) is 0 Å². The van der Waals surface area contributed by atoms with Crippen molar-refractivity contribution in [1.29, 1.82) is 0 Å². The van der Waals surface area contributed by atoms with Gasteiger partial charge in [-0.2, -0.15) is 0 Å². The van der Waals surface area contributed by atoms with Gasteiger partial charge in [-0.3, -0.25) is 4.90 Å². The van der Waals surface area contributed by atoms with E-state index in [-0.39, 0.29) is 5.92 Å². The number of fused-ring (bicyclic) bond motifs is 1. The van der Waals surface area contributed by atoms with E-state index < -0.39 is 29.4 Å². The Labute approximate surface area is 132 Å². The van der Waals surface area contributed by atoms with Crippen LogP contribution in [-0.2, 0) is 19.0 Å². The van der Waals surface area contributed by atoms with Gasteiger partial charge in [0.15, 0.2) is 0 Å². The van der Waals surface area contributed by atoms with E-state index in [0.717, 1.165) is 25.7 Å². The van der Waals surface area contributed by atoms with Crippen LogP contribution in [-0.4, -0.2) is 48.5 Å². The summed E-state index contributed by atoms with van der Waals surface area (Å²) < 4.78 is 16.2. The highest BCUT2D eigenvalue weighted by molar-refractivity contribution is 5.83. The first-order valence-electron chi connectivity index (χ1n) is 7.90. The van der Waals surface area contributed by atoms with Crippen LogP contribution in [0.3, 0.4) is 0 Å². The Morgan fingerprint density at radius 3 is 2.41 bits per heavy atom. The number of esters is 1. The number of hydrogen-bond donors (Lipinski definition) is 0. The van der Waals surface area contributed by atoms with Crippen LogP contribution in [0.25, 0.3) is 0 Å². The standard InChI is InChI=1S/C16H27NO5/c1-15(2,3)22-14(19)17-12(13(18)20-4)10-11-8-6-7-9-16(11,17)21-5/h11-12H,6-10H2,1-5H3/t11-,12-,16?/m0/s1. The van der Waals surface area contributed by atoms with E-state index in [1.165, 1.54) is 12.0 Å². The second-order valence-corrected chi connectivity index (χ2v) is 7.12. The van der Waals surface area contributed by atoms with Crippen LogP contribution < -0.4 is 0 Å². The molecule has 1 aliphatic heterocycles. The molecule has 0 spiro atoms. The Bertz CT molecular complexity index is 444. The van der Waals surface area contributed by atoms with Gasteiger partial charge in [-0.1, -0.05) is 6.42 Å². The average molecular weight is 313 g/mol. The molecule has 1 unspecified atom stereocenters. The van der Waals surface area contributed by atoms with Gasteiger partial charge in [0.2, 0.25) is 0 Å². The summed E-state index contributed by atoms with van der Waals surface area (Å²) in [5.41, 5.74) is -1.38. The highest BCUT2D eigenvalue weighted by atomic mass is 16.6. The molecule has 6 heteroatoms. The van der Waals surface area contributed by atoms with Crippen LogP contribution in [0.5, 0.6) is 0 Å². The zero-order valence-electron chi connectivity index (χ0n) is 14.2. The number of carbonyl (C=O) groups is 2. The fraction of sp³-hybridized carbons (Fsp3) is 0.875. The number of amides is 1. The molecule has 0 radical (unpaired) electrons. The second kappa shape index (κ2) is 6.07. The lowest BCUT2D eigenvalue weighted by Crippen LogP contribution is -2.58. The van der Waals surface area contributed by atoms with Gasteiger partial charge in [0, 0.05) is 13.0 Å². The van der Waals surface area contributed by atoms with Crippen LogP contribution in [0.15, 0.2) is 0 Å². The molecule has 2 fully saturated rings. The van der Waals surface area contributed by atoms with Gasteiger partial charge in [0.25, 0.3) is 0 Å². The maximum atomic E-state index is 12.7. The van der Waals surface area contributed by atoms with E-state index >= 15 is 0 Å². The van der Waals surface area contributed by atoms with Crippen LogP contribution in [0.4, 0.5) is 4.79 Å². The highest BCUT2D eigenvalue weighted by Crippen LogP contribution is 2.49. The van der Waals surface area contributed by atoms with Crippen LogP contribution >= 0.6 is 0 Å². The van der Waals surface area contributed by atoms with E-state index in [1.807, 2.05) is 20.8 Å². The van der Waals surface area contributed by atoms with Crippen molar-refractivity contribution in [2.45, 2.75) is 70.2 Å². The number of methoxy groups -OCH3 is 2. The molecule has 1 aliphatic carbocycles. The summed E-state index contributed by atoms with van der Waals surface area (Å²) in [5.74, 6) is -0.264. The molecule has 1 amide bonds. The molecule has 6 nitrogen and oxygen atoms in total. The number of rotatable bonds is 2. The summed E-state index contributed by atoms with van der Waals surface area (Å²) in [6.45, 7) is 5.43. The summed E-state index contributed by atoms with van der Waals surface area (Å²) in [5, 5.41) is 0. The predicted molar refractivity (Wildman–Crippen MR) is 80.2 cm³/mol. The normalized spacial score (nSPS) is 31.6. The minimum atomic E-state index is -0.751. The Hall–Kier alpha value is -1.30. The molecule has 22 heavy (non-hydrogen) atoms. The first-order valence-corrected chi connectivity index (χ1v) is 7.90. The van der Waals surface area contributed by atoms with Crippen molar-refractivity contribution in [3.8, 4) is 0 Å².